The van der Waals surface area contributed by atoms with Gasteiger partial charge in [0.1, 0.15) is 11.4 Å². The Morgan fingerprint density at radius 1 is 1.32 bits per heavy atom. The molecule has 0 aromatic heterocycles. The number of halogens is 1. The maximum absolute atomic E-state index is 13.5. The highest BCUT2D eigenvalue weighted by atomic mass is 19.1. The minimum absolute atomic E-state index is 0.107. The van der Waals surface area contributed by atoms with Gasteiger partial charge in [-0.25, -0.2) is 4.39 Å². The van der Waals surface area contributed by atoms with Gasteiger partial charge in [-0.15, -0.1) is 0 Å². The number of fused-ring (bicyclic) bond motifs is 1. The van der Waals surface area contributed by atoms with Crippen LogP contribution in [0.4, 0.5) is 4.39 Å². The third-order valence-electron chi connectivity index (χ3n) is 3.62. The summed E-state index contributed by atoms with van der Waals surface area (Å²) in [6.07, 6.45) is -6.20. The Bertz CT molecular complexity index is 952. The van der Waals surface area contributed by atoms with E-state index < -0.39 is 30.7 Å². The molecular weight excluding hydrogens is 279 g/mol. The molecule has 2 aromatic carbocycles. The molecule has 1 aliphatic rings. The van der Waals surface area contributed by atoms with Gasteiger partial charge < -0.3 is 10.5 Å². The maximum Gasteiger partial charge on any atom is 0.123 e. The third kappa shape index (κ3) is 2.39. The molecule has 0 spiro atoms. The molecule has 2 N–H and O–H groups in total. The lowest BCUT2D eigenvalue weighted by Crippen LogP contribution is -2.28. The highest BCUT2D eigenvalue weighted by Crippen LogP contribution is 2.45. The summed E-state index contributed by atoms with van der Waals surface area (Å²) in [5.41, 5.74) is 4.37. The van der Waals surface area contributed by atoms with Gasteiger partial charge in [-0.2, -0.15) is 5.26 Å². The van der Waals surface area contributed by atoms with Crippen molar-refractivity contribution in [3.8, 4) is 6.07 Å². The number of hydrogen-bond acceptors (Lipinski definition) is 3. The molecule has 4 heteroatoms. The average Bonchev–Trinajstić information content (AvgIpc) is 3.01. The minimum Gasteiger partial charge on any atom is -0.361 e. The van der Waals surface area contributed by atoms with Crippen molar-refractivity contribution >= 4 is 0 Å². The van der Waals surface area contributed by atoms with E-state index in [2.05, 4.69) is 0 Å². The van der Waals surface area contributed by atoms with E-state index in [1.807, 2.05) is 6.07 Å². The van der Waals surface area contributed by atoms with Gasteiger partial charge in [-0.1, -0.05) is 18.2 Å². The van der Waals surface area contributed by atoms with E-state index in [1.165, 1.54) is 30.3 Å². The molecule has 1 aliphatic heterocycles. The van der Waals surface area contributed by atoms with Crippen LogP contribution in [0.5, 0.6) is 0 Å². The molecule has 1 unspecified atom stereocenters. The molecule has 0 bridgehead atoms. The number of rotatable bonds is 4. The highest BCUT2D eigenvalue weighted by molar-refractivity contribution is 5.47. The van der Waals surface area contributed by atoms with E-state index in [1.54, 1.807) is 0 Å². The van der Waals surface area contributed by atoms with Gasteiger partial charge in [-0.3, -0.25) is 0 Å². The van der Waals surface area contributed by atoms with Crippen LogP contribution in [0.2, 0.25) is 0 Å². The van der Waals surface area contributed by atoms with Crippen molar-refractivity contribution in [3.05, 3.63) is 70.5 Å². The van der Waals surface area contributed by atoms with Crippen LogP contribution < -0.4 is 5.73 Å². The molecule has 3 rings (SSSR count). The van der Waals surface area contributed by atoms with Crippen molar-refractivity contribution in [2.45, 2.75) is 25.0 Å². The van der Waals surface area contributed by atoms with Crippen LogP contribution in [-0.2, 0) is 16.9 Å². The second-order valence-electron chi connectivity index (χ2n) is 4.85. The van der Waals surface area contributed by atoms with Crippen molar-refractivity contribution < 1.29 is 17.4 Å². The predicted octanol–water partition coefficient (Wildman–Crippen LogP) is 3.21. The van der Waals surface area contributed by atoms with Crippen molar-refractivity contribution in [1.82, 2.24) is 0 Å². The van der Waals surface area contributed by atoms with Gasteiger partial charge in [0.2, 0.25) is 0 Å². The summed E-state index contributed by atoms with van der Waals surface area (Å²) in [5, 5.41) is 9.11. The Balaban J connectivity index is 2.34. The molecular formula is C18H17FN2O. The fraction of sp³-hybridized carbons (Fsp3) is 0.278. The number of nitriles is 1. The zero-order chi connectivity index (χ0) is 21.0. The maximum atomic E-state index is 13.5. The van der Waals surface area contributed by atoms with Gasteiger partial charge in [0.05, 0.1) is 18.2 Å². The van der Waals surface area contributed by atoms with Crippen LogP contribution in [0.3, 0.4) is 0 Å². The van der Waals surface area contributed by atoms with E-state index in [9.17, 15) is 4.39 Å². The topological polar surface area (TPSA) is 59.0 Å². The lowest BCUT2D eigenvalue weighted by molar-refractivity contribution is -0.0126. The molecule has 3 nitrogen and oxygen atoms in total. The fourth-order valence-corrected chi connectivity index (χ4v) is 2.61. The third-order valence-corrected chi connectivity index (χ3v) is 3.62. The number of nitrogens with zero attached hydrogens (tertiary/aromatic N) is 1. The quantitative estimate of drug-likeness (QED) is 0.943. The number of ether oxygens (including phenoxy) is 1. The van der Waals surface area contributed by atoms with E-state index in [0.717, 1.165) is 12.1 Å². The SMILES string of the molecule is [2H]C([2H])(N)C([2H])([2H])C([2H])([2H])C1(c2ccc(F)cc2)OCc2cc(C#N)ccc21. The molecule has 1 heterocycles. The predicted molar refractivity (Wildman–Crippen MR) is 81.4 cm³/mol. The average molecular weight is 302 g/mol. The summed E-state index contributed by atoms with van der Waals surface area (Å²) >= 11 is 0. The monoisotopic (exact) mass is 302 g/mol. The van der Waals surface area contributed by atoms with Gasteiger partial charge in [0.15, 0.2) is 0 Å². The van der Waals surface area contributed by atoms with E-state index in [-0.39, 0.29) is 17.7 Å². The Hall–Kier alpha value is -2.22. The van der Waals surface area contributed by atoms with Crippen LogP contribution in [-0.4, -0.2) is 6.50 Å². The number of benzene rings is 2. The van der Waals surface area contributed by atoms with E-state index in [0.29, 0.717) is 11.1 Å². The van der Waals surface area contributed by atoms with Crippen LogP contribution in [0.15, 0.2) is 42.5 Å². The molecule has 0 aliphatic carbocycles. The summed E-state index contributed by atoms with van der Waals surface area (Å²) in [7, 11) is 0. The van der Waals surface area contributed by atoms with Crippen LogP contribution in [0, 0.1) is 17.1 Å². The zero-order valence-corrected chi connectivity index (χ0v) is 11.6. The summed E-state index contributed by atoms with van der Waals surface area (Å²) in [6, 6.07) is 11.1. The smallest absolute Gasteiger partial charge is 0.123 e. The van der Waals surface area contributed by atoms with E-state index in [4.69, 9.17) is 24.0 Å². The first-order valence-electron chi connectivity index (χ1n) is 9.61. The summed E-state index contributed by atoms with van der Waals surface area (Å²) in [4.78, 5) is 0. The van der Waals surface area contributed by atoms with Crippen LogP contribution in [0.1, 0.15) is 43.2 Å². The van der Waals surface area contributed by atoms with Gasteiger partial charge >= 0.3 is 0 Å². The van der Waals surface area contributed by atoms with E-state index >= 15 is 0 Å². The summed E-state index contributed by atoms with van der Waals surface area (Å²) < 4.78 is 68.2. The first-order chi connectivity index (χ1) is 12.9. The normalized spacial score (nSPS) is 25.7. The Morgan fingerprint density at radius 2 is 2.09 bits per heavy atom. The Morgan fingerprint density at radius 3 is 2.77 bits per heavy atom. The Labute approximate surface area is 137 Å². The van der Waals surface area contributed by atoms with Gasteiger partial charge in [0, 0.05) is 8.22 Å². The molecule has 22 heavy (non-hydrogen) atoms. The van der Waals surface area contributed by atoms with Gasteiger partial charge in [-0.05, 0) is 60.2 Å². The van der Waals surface area contributed by atoms with Crippen LogP contribution in [0.25, 0.3) is 0 Å². The molecule has 0 amide bonds. The van der Waals surface area contributed by atoms with Crippen LogP contribution >= 0.6 is 0 Å². The molecule has 1 atom stereocenters. The second-order valence-corrected chi connectivity index (χ2v) is 4.85. The second kappa shape index (κ2) is 5.88. The Kier molecular flexibility index (Phi) is 2.42. The molecule has 2 aromatic rings. The summed E-state index contributed by atoms with van der Waals surface area (Å²) in [5.74, 6) is -0.574. The zero-order valence-electron chi connectivity index (χ0n) is 17.6. The summed E-state index contributed by atoms with van der Waals surface area (Å²) in [6.45, 7) is -3.17. The highest BCUT2D eigenvalue weighted by Gasteiger charge is 2.41. The van der Waals surface area contributed by atoms with Crippen molar-refractivity contribution in [1.29, 1.82) is 5.26 Å². The number of hydrogen-bond donors (Lipinski definition) is 1. The lowest BCUT2D eigenvalue weighted by Gasteiger charge is -2.30. The number of nitrogens with two attached hydrogens (primary N) is 1. The minimum atomic E-state index is -3.19. The largest absolute Gasteiger partial charge is 0.361 e. The van der Waals surface area contributed by atoms with Crippen molar-refractivity contribution in [2.24, 2.45) is 5.73 Å². The molecule has 0 saturated carbocycles. The lowest BCUT2D eigenvalue weighted by atomic mass is 9.81. The molecule has 0 radical (unpaired) electrons. The fourth-order valence-electron chi connectivity index (χ4n) is 2.61. The molecule has 0 fully saturated rings. The van der Waals surface area contributed by atoms with Gasteiger partial charge in [0.25, 0.3) is 0 Å². The van der Waals surface area contributed by atoms with Crippen molar-refractivity contribution in [2.75, 3.05) is 6.50 Å². The van der Waals surface area contributed by atoms with Crippen molar-refractivity contribution in [3.63, 3.8) is 0 Å². The molecule has 0 saturated heterocycles. The molecule has 112 valence electrons. The first kappa shape index (κ1) is 9.04. The standard InChI is InChI=1S/C18H17FN2O/c19-16-5-3-15(4-6-16)18(8-1-9-20)17-7-2-13(11-21)10-14(17)12-22-18/h2-7,10H,1,8-9,12,20H2/i1D2,8D2,9D2. The first-order valence-corrected chi connectivity index (χ1v) is 6.61.